The van der Waals surface area contributed by atoms with Gasteiger partial charge >= 0.3 is 0 Å². The molecule has 3 aromatic carbocycles. The van der Waals surface area contributed by atoms with Crippen molar-refractivity contribution < 1.29 is 4.79 Å². The van der Waals surface area contributed by atoms with E-state index in [1.165, 1.54) is 11.8 Å². The minimum absolute atomic E-state index is 0.0794. The first kappa shape index (κ1) is 22.1. The fourth-order valence-electron chi connectivity index (χ4n) is 3.33. The summed E-state index contributed by atoms with van der Waals surface area (Å²) in [6.45, 7) is 3.82. The second-order valence-corrected chi connectivity index (χ2v) is 9.16. The standard InChI is InChI=1S/C25H23ClN4OS/c1-17-13-14-21(15-22(17)26)30-16-27-29-25(30)32-18(2)24(31)28-23(19-9-5-3-6-10-19)20-11-7-4-8-12-20/h3-16,18,23H,1-2H3,(H,28,31). The van der Waals surface area contributed by atoms with Crippen LogP contribution in [0.5, 0.6) is 0 Å². The molecule has 0 saturated carbocycles. The lowest BCUT2D eigenvalue weighted by atomic mass is 9.98. The van der Waals surface area contributed by atoms with Crippen LogP contribution in [0.2, 0.25) is 5.02 Å². The Balaban J connectivity index is 1.53. The fourth-order valence-corrected chi connectivity index (χ4v) is 4.36. The van der Waals surface area contributed by atoms with Crippen LogP contribution in [0.15, 0.2) is 90.3 Å². The molecule has 1 N–H and O–H groups in total. The van der Waals surface area contributed by atoms with Crippen molar-refractivity contribution in [2.75, 3.05) is 0 Å². The largest absolute Gasteiger partial charge is 0.344 e. The Morgan fingerprint density at radius 2 is 1.62 bits per heavy atom. The van der Waals surface area contributed by atoms with E-state index in [0.29, 0.717) is 10.2 Å². The zero-order valence-electron chi connectivity index (χ0n) is 17.8. The maximum atomic E-state index is 13.2. The van der Waals surface area contributed by atoms with Crippen molar-refractivity contribution in [2.24, 2.45) is 0 Å². The van der Waals surface area contributed by atoms with E-state index in [1.807, 2.05) is 97.3 Å². The van der Waals surface area contributed by atoms with Gasteiger partial charge in [0.05, 0.1) is 17.0 Å². The molecule has 0 fully saturated rings. The van der Waals surface area contributed by atoms with Gasteiger partial charge in [-0.1, -0.05) is 90.1 Å². The summed E-state index contributed by atoms with van der Waals surface area (Å²) < 4.78 is 1.84. The van der Waals surface area contributed by atoms with Crippen LogP contribution in [0.4, 0.5) is 0 Å². The molecule has 0 aliphatic heterocycles. The minimum Gasteiger partial charge on any atom is -0.344 e. The van der Waals surface area contributed by atoms with Crippen molar-refractivity contribution in [3.63, 3.8) is 0 Å². The number of carbonyl (C=O) groups is 1. The number of rotatable bonds is 7. The van der Waals surface area contributed by atoms with Gasteiger partial charge in [-0.05, 0) is 42.7 Å². The summed E-state index contributed by atoms with van der Waals surface area (Å²) in [5, 5.41) is 12.4. The molecule has 5 nitrogen and oxygen atoms in total. The lowest BCUT2D eigenvalue weighted by Crippen LogP contribution is -2.35. The Morgan fingerprint density at radius 3 is 2.22 bits per heavy atom. The van der Waals surface area contributed by atoms with Crippen LogP contribution in [-0.2, 0) is 4.79 Å². The highest BCUT2D eigenvalue weighted by molar-refractivity contribution is 8.00. The highest BCUT2D eigenvalue weighted by Crippen LogP contribution is 2.28. The molecular weight excluding hydrogens is 440 g/mol. The topological polar surface area (TPSA) is 59.8 Å². The van der Waals surface area contributed by atoms with E-state index in [0.717, 1.165) is 22.4 Å². The molecule has 162 valence electrons. The van der Waals surface area contributed by atoms with Crippen molar-refractivity contribution >= 4 is 29.3 Å². The molecule has 1 aromatic heterocycles. The summed E-state index contributed by atoms with van der Waals surface area (Å²) in [5.41, 5.74) is 3.91. The molecule has 0 aliphatic carbocycles. The second kappa shape index (κ2) is 10.0. The number of hydrogen-bond acceptors (Lipinski definition) is 4. The predicted octanol–water partition coefficient (Wildman–Crippen LogP) is 5.62. The molecule has 4 rings (SSSR count). The van der Waals surface area contributed by atoms with Crippen molar-refractivity contribution in [2.45, 2.75) is 30.3 Å². The van der Waals surface area contributed by atoms with E-state index in [2.05, 4.69) is 15.5 Å². The van der Waals surface area contributed by atoms with Gasteiger partial charge in [0.2, 0.25) is 5.91 Å². The number of thioether (sulfide) groups is 1. The van der Waals surface area contributed by atoms with E-state index in [9.17, 15) is 4.79 Å². The molecule has 0 saturated heterocycles. The minimum atomic E-state index is -0.381. The molecule has 1 unspecified atom stereocenters. The molecule has 1 atom stereocenters. The average molecular weight is 463 g/mol. The fraction of sp³-hybridized carbons (Fsp3) is 0.160. The number of aryl methyl sites for hydroxylation is 1. The zero-order valence-corrected chi connectivity index (χ0v) is 19.3. The molecule has 4 aromatic rings. The molecule has 1 heterocycles. The first-order valence-electron chi connectivity index (χ1n) is 10.3. The third-order valence-corrected chi connectivity index (χ3v) is 6.62. The predicted molar refractivity (Wildman–Crippen MR) is 129 cm³/mol. The van der Waals surface area contributed by atoms with E-state index in [4.69, 9.17) is 11.6 Å². The lowest BCUT2D eigenvalue weighted by molar-refractivity contribution is -0.120. The van der Waals surface area contributed by atoms with Crippen molar-refractivity contribution in [1.29, 1.82) is 0 Å². The van der Waals surface area contributed by atoms with Crippen LogP contribution in [0.3, 0.4) is 0 Å². The number of nitrogens with zero attached hydrogens (tertiary/aromatic N) is 3. The van der Waals surface area contributed by atoms with Gasteiger partial charge < -0.3 is 5.32 Å². The lowest BCUT2D eigenvalue weighted by Gasteiger charge is -2.22. The Bertz CT molecular complexity index is 1160. The number of amides is 1. The third-order valence-electron chi connectivity index (χ3n) is 5.15. The SMILES string of the molecule is Cc1ccc(-n2cnnc2SC(C)C(=O)NC(c2ccccc2)c2ccccc2)cc1Cl. The summed E-state index contributed by atoms with van der Waals surface area (Å²) in [4.78, 5) is 13.2. The first-order chi connectivity index (χ1) is 15.5. The molecule has 0 aliphatic rings. The summed E-state index contributed by atoms with van der Waals surface area (Å²) in [7, 11) is 0. The van der Waals surface area contributed by atoms with Crippen LogP contribution < -0.4 is 5.32 Å². The number of benzene rings is 3. The summed E-state index contributed by atoms with van der Waals surface area (Å²) in [6, 6.07) is 25.5. The van der Waals surface area contributed by atoms with Crippen LogP contribution in [0.1, 0.15) is 29.7 Å². The van der Waals surface area contributed by atoms with Gasteiger partial charge in [-0.3, -0.25) is 9.36 Å². The number of nitrogens with one attached hydrogen (secondary N) is 1. The monoisotopic (exact) mass is 462 g/mol. The van der Waals surface area contributed by atoms with Crippen LogP contribution >= 0.6 is 23.4 Å². The maximum absolute atomic E-state index is 13.2. The zero-order chi connectivity index (χ0) is 22.5. The Labute approximate surface area is 196 Å². The number of aromatic nitrogens is 3. The van der Waals surface area contributed by atoms with E-state index < -0.39 is 0 Å². The molecule has 0 bridgehead atoms. The Hall–Kier alpha value is -3.09. The molecular formula is C25H23ClN4OS. The molecule has 0 spiro atoms. The van der Waals surface area contributed by atoms with Gasteiger partial charge in [-0.25, -0.2) is 0 Å². The highest BCUT2D eigenvalue weighted by Gasteiger charge is 2.23. The maximum Gasteiger partial charge on any atom is 0.234 e. The average Bonchev–Trinajstić information content (AvgIpc) is 3.28. The van der Waals surface area contributed by atoms with Gasteiger partial charge in [-0.2, -0.15) is 0 Å². The third kappa shape index (κ3) is 5.03. The van der Waals surface area contributed by atoms with Crippen molar-refractivity contribution in [1.82, 2.24) is 20.1 Å². The van der Waals surface area contributed by atoms with Crippen LogP contribution in [-0.4, -0.2) is 25.9 Å². The van der Waals surface area contributed by atoms with Gasteiger partial charge in [-0.15, -0.1) is 10.2 Å². The van der Waals surface area contributed by atoms with E-state index >= 15 is 0 Å². The van der Waals surface area contributed by atoms with Crippen LogP contribution in [0.25, 0.3) is 5.69 Å². The quantitative estimate of drug-likeness (QED) is 0.362. The normalized spacial score (nSPS) is 12.0. The first-order valence-corrected chi connectivity index (χ1v) is 11.5. The number of halogens is 1. The molecule has 7 heteroatoms. The summed E-state index contributed by atoms with van der Waals surface area (Å²) >= 11 is 7.64. The summed E-state index contributed by atoms with van der Waals surface area (Å²) in [6.07, 6.45) is 1.63. The second-order valence-electron chi connectivity index (χ2n) is 7.44. The van der Waals surface area contributed by atoms with Crippen LogP contribution in [0, 0.1) is 6.92 Å². The van der Waals surface area contributed by atoms with E-state index in [1.54, 1.807) is 6.33 Å². The van der Waals surface area contributed by atoms with Gasteiger partial charge in [0.15, 0.2) is 5.16 Å². The summed E-state index contributed by atoms with van der Waals surface area (Å²) in [5.74, 6) is -0.0794. The highest BCUT2D eigenvalue weighted by atomic mass is 35.5. The van der Waals surface area contributed by atoms with Gasteiger partial charge in [0.25, 0.3) is 0 Å². The van der Waals surface area contributed by atoms with Crippen molar-refractivity contribution in [3.8, 4) is 5.69 Å². The van der Waals surface area contributed by atoms with Crippen molar-refractivity contribution in [3.05, 3.63) is 107 Å². The Kier molecular flexibility index (Phi) is 6.93. The van der Waals surface area contributed by atoms with Gasteiger partial charge in [0, 0.05) is 5.02 Å². The van der Waals surface area contributed by atoms with Gasteiger partial charge in [0.1, 0.15) is 6.33 Å². The molecule has 32 heavy (non-hydrogen) atoms. The number of carbonyl (C=O) groups excluding carboxylic acids is 1. The molecule has 1 amide bonds. The van der Waals surface area contributed by atoms with E-state index in [-0.39, 0.29) is 17.2 Å². The smallest absolute Gasteiger partial charge is 0.234 e. The Morgan fingerprint density at radius 1 is 1.00 bits per heavy atom. The molecule has 0 radical (unpaired) electrons. The number of hydrogen-bond donors (Lipinski definition) is 1.